The van der Waals surface area contributed by atoms with Gasteiger partial charge in [-0.2, -0.15) is 0 Å². The van der Waals surface area contributed by atoms with E-state index in [9.17, 15) is 8.42 Å². The molecule has 20 heavy (non-hydrogen) atoms. The molecule has 0 spiro atoms. The lowest BCUT2D eigenvalue weighted by molar-refractivity contribution is 0.580. The third-order valence-corrected chi connectivity index (χ3v) is 5.43. The van der Waals surface area contributed by atoms with Crippen molar-refractivity contribution in [3.05, 3.63) is 39.8 Å². The molecule has 0 bridgehead atoms. The van der Waals surface area contributed by atoms with E-state index in [-0.39, 0.29) is 6.54 Å². The summed E-state index contributed by atoms with van der Waals surface area (Å²) in [6, 6.07) is 5.19. The quantitative estimate of drug-likeness (QED) is 0.905. The molecular weight excluding hydrogens is 294 g/mol. The number of nitrogens with zero attached hydrogens (tertiary/aromatic N) is 1. The first kappa shape index (κ1) is 13.5. The molecule has 1 aromatic carbocycles. The number of hydrogen-bond donors (Lipinski definition) is 2. The molecule has 106 valence electrons. The summed E-state index contributed by atoms with van der Waals surface area (Å²) < 4.78 is 27.1. The highest BCUT2D eigenvalue weighted by molar-refractivity contribution is 7.89. The molecule has 1 aliphatic heterocycles. The van der Waals surface area contributed by atoms with Crippen LogP contribution < -0.4 is 10.0 Å². The number of thiazole rings is 1. The van der Waals surface area contributed by atoms with E-state index in [1.54, 1.807) is 12.1 Å². The Hall–Kier alpha value is -1.44. The third-order valence-electron chi connectivity index (χ3n) is 3.21. The van der Waals surface area contributed by atoms with Crippen molar-refractivity contribution in [2.24, 2.45) is 0 Å². The Balaban J connectivity index is 1.78. The second-order valence-electron chi connectivity index (χ2n) is 4.68. The van der Waals surface area contributed by atoms with Crippen LogP contribution in [0.1, 0.15) is 16.3 Å². The van der Waals surface area contributed by atoms with Crippen molar-refractivity contribution in [3.8, 4) is 0 Å². The van der Waals surface area contributed by atoms with E-state index in [1.807, 2.05) is 18.4 Å². The van der Waals surface area contributed by atoms with Crippen LogP contribution in [0, 0.1) is 6.92 Å². The van der Waals surface area contributed by atoms with Crippen LogP contribution in [-0.4, -0.2) is 19.9 Å². The van der Waals surface area contributed by atoms with Gasteiger partial charge in [0, 0.05) is 17.6 Å². The highest BCUT2D eigenvalue weighted by Crippen LogP contribution is 2.25. The summed E-state index contributed by atoms with van der Waals surface area (Å²) in [6.07, 6.45) is 0.865. The zero-order valence-electron chi connectivity index (χ0n) is 11.0. The molecule has 0 radical (unpaired) electrons. The molecule has 2 N–H and O–H groups in total. The Labute approximate surface area is 122 Å². The van der Waals surface area contributed by atoms with Crippen LogP contribution in [0.5, 0.6) is 0 Å². The topological polar surface area (TPSA) is 71.1 Å². The number of benzene rings is 1. The van der Waals surface area contributed by atoms with Gasteiger partial charge in [0.25, 0.3) is 0 Å². The molecule has 0 unspecified atom stereocenters. The summed E-state index contributed by atoms with van der Waals surface area (Å²) in [5, 5.41) is 6.01. The summed E-state index contributed by atoms with van der Waals surface area (Å²) in [6.45, 7) is 2.99. The first-order valence-electron chi connectivity index (χ1n) is 6.32. The average molecular weight is 309 g/mol. The number of anilines is 1. The molecule has 0 atom stereocenters. The van der Waals surface area contributed by atoms with Crippen molar-refractivity contribution < 1.29 is 8.42 Å². The summed E-state index contributed by atoms with van der Waals surface area (Å²) in [4.78, 5) is 4.56. The van der Waals surface area contributed by atoms with Gasteiger partial charge in [-0.25, -0.2) is 18.1 Å². The lowest BCUT2D eigenvalue weighted by Crippen LogP contribution is -2.23. The zero-order chi connectivity index (χ0) is 14.2. The van der Waals surface area contributed by atoms with E-state index in [0.29, 0.717) is 4.90 Å². The predicted octanol–water partition coefficient (Wildman–Crippen LogP) is 1.90. The van der Waals surface area contributed by atoms with Gasteiger partial charge < -0.3 is 5.32 Å². The molecule has 1 aliphatic rings. The van der Waals surface area contributed by atoms with E-state index >= 15 is 0 Å². The minimum absolute atomic E-state index is 0.224. The second-order valence-corrected chi connectivity index (χ2v) is 7.51. The molecule has 2 heterocycles. The Kier molecular flexibility index (Phi) is 3.49. The molecule has 7 heteroatoms. The van der Waals surface area contributed by atoms with E-state index in [0.717, 1.165) is 34.9 Å². The third kappa shape index (κ3) is 2.70. The van der Waals surface area contributed by atoms with Crippen molar-refractivity contribution in [2.45, 2.75) is 24.8 Å². The Bertz CT molecular complexity index is 738. The number of fused-ring (bicyclic) bond motifs is 1. The predicted molar refractivity (Wildman–Crippen MR) is 79.5 cm³/mol. The van der Waals surface area contributed by atoms with Crippen LogP contribution in [0.2, 0.25) is 0 Å². The lowest BCUT2D eigenvalue weighted by atomic mass is 10.2. The molecule has 3 rings (SSSR count). The SMILES string of the molecule is Cc1nc(CNS(=O)(=O)c2ccc3c(c2)CCN3)cs1. The summed E-state index contributed by atoms with van der Waals surface area (Å²) in [5.74, 6) is 0. The summed E-state index contributed by atoms with van der Waals surface area (Å²) >= 11 is 1.51. The van der Waals surface area contributed by atoms with Crippen molar-refractivity contribution in [1.29, 1.82) is 0 Å². The van der Waals surface area contributed by atoms with Crippen LogP contribution >= 0.6 is 11.3 Å². The average Bonchev–Trinajstić information content (AvgIpc) is 3.04. The minimum Gasteiger partial charge on any atom is -0.384 e. The van der Waals surface area contributed by atoms with Crippen LogP contribution in [0.3, 0.4) is 0 Å². The standard InChI is InChI=1S/C13H15N3O2S2/c1-9-16-11(8-19-9)7-15-20(17,18)12-2-3-13-10(6-12)4-5-14-13/h2-3,6,8,14-15H,4-5,7H2,1H3. The first-order valence-corrected chi connectivity index (χ1v) is 8.68. The molecule has 2 aromatic rings. The fourth-order valence-electron chi connectivity index (χ4n) is 2.19. The molecule has 0 saturated carbocycles. The monoisotopic (exact) mass is 309 g/mol. The highest BCUT2D eigenvalue weighted by Gasteiger charge is 2.18. The number of aryl methyl sites for hydroxylation is 1. The van der Waals surface area contributed by atoms with Crippen LogP contribution in [0.15, 0.2) is 28.5 Å². The molecule has 5 nitrogen and oxygen atoms in total. The number of rotatable bonds is 4. The van der Waals surface area contributed by atoms with E-state index in [1.165, 1.54) is 11.3 Å². The lowest BCUT2D eigenvalue weighted by Gasteiger charge is -2.07. The highest BCUT2D eigenvalue weighted by atomic mass is 32.2. The fraction of sp³-hybridized carbons (Fsp3) is 0.308. The first-order chi connectivity index (χ1) is 9.54. The van der Waals surface area contributed by atoms with Gasteiger partial charge in [-0.1, -0.05) is 0 Å². The molecule has 0 aliphatic carbocycles. The number of sulfonamides is 1. The maximum atomic E-state index is 12.3. The van der Waals surface area contributed by atoms with Crippen molar-refractivity contribution in [3.63, 3.8) is 0 Å². The molecule has 1 aromatic heterocycles. The van der Waals surface area contributed by atoms with Crippen LogP contribution in [0.25, 0.3) is 0 Å². The Morgan fingerprint density at radius 2 is 2.30 bits per heavy atom. The van der Waals surface area contributed by atoms with Gasteiger partial charge in [-0.3, -0.25) is 0 Å². The summed E-state index contributed by atoms with van der Waals surface area (Å²) in [5.41, 5.74) is 2.83. The molecular formula is C13H15N3O2S2. The number of hydrogen-bond acceptors (Lipinski definition) is 5. The second kappa shape index (κ2) is 5.16. The normalized spacial score (nSPS) is 14.1. The van der Waals surface area contributed by atoms with E-state index in [4.69, 9.17) is 0 Å². The minimum atomic E-state index is -3.48. The Morgan fingerprint density at radius 1 is 1.45 bits per heavy atom. The largest absolute Gasteiger partial charge is 0.384 e. The summed E-state index contributed by atoms with van der Waals surface area (Å²) in [7, 11) is -3.48. The van der Waals surface area contributed by atoms with Gasteiger partial charge in [0.1, 0.15) is 0 Å². The van der Waals surface area contributed by atoms with E-state index in [2.05, 4.69) is 15.0 Å². The molecule has 0 saturated heterocycles. The van der Waals surface area contributed by atoms with Gasteiger partial charge >= 0.3 is 0 Å². The maximum Gasteiger partial charge on any atom is 0.240 e. The van der Waals surface area contributed by atoms with Crippen molar-refractivity contribution >= 4 is 27.0 Å². The van der Waals surface area contributed by atoms with E-state index < -0.39 is 10.0 Å². The van der Waals surface area contributed by atoms with Gasteiger partial charge in [0.15, 0.2) is 0 Å². The van der Waals surface area contributed by atoms with Gasteiger partial charge in [0.2, 0.25) is 10.0 Å². The van der Waals surface area contributed by atoms with Gasteiger partial charge in [-0.05, 0) is 37.1 Å². The van der Waals surface area contributed by atoms with Gasteiger partial charge in [-0.15, -0.1) is 11.3 Å². The van der Waals surface area contributed by atoms with Crippen molar-refractivity contribution in [1.82, 2.24) is 9.71 Å². The van der Waals surface area contributed by atoms with Gasteiger partial charge in [0.05, 0.1) is 22.1 Å². The van der Waals surface area contributed by atoms with Crippen molar-refractivity contribution in [2.75, 3.05) is 11.9 Å². The Morgan fingerprint density at radius 3 is 3.05 bits per heavy atom. The fourth-order valence-corrected chi connectivity index (χ4v) is 3.85. The molecule has 0 amide bonds. The van der Waals surface area contributed by atoms with Crippen LogP contribution in [-0.2, 0) is 23.0 Å². The number of aromatic nitrogens is 1. The van der Waals surface area contributed by atoms with Crippen LogP contribution in [0.4, 0.5) is 5.69 Å². The number of nitrogens with one attached hydrogen (secondary N) is 2. The molecule has 0 fully saturated rings. The maximum absolute atomic E-state index is 12.3. The zero-order valence-corrected chi connectivity index (χ0v) is 12.6. The smallest absolute Gasteiger partial charge is 0.240 e.